The van der Waals surface area contributed by atoms with Crippen LogP contribution in [0.5, 0.6) is 17.2 Å². The topological polar surface area (TPSA) is 114 Å². The first kappa shape index (κ1) is 37.8. The van der Waals surface area contributed by atoms with Crippen molar-refractivity contribution in [3.63, 3.8) is 0 Å². The first-order valence-corrected chi connectivity index (χ1v) is 17.1. The predicted octanol–water partition coefficient (Wildman–Crippen LogP) is 10.1. The Bertz CT molecular complexity index is 1440. The predicted molar refractivity (Wildman–Crippen MR) is 188 cm³/mol. The van der Waals surface area contributed by atoms with Crippen LogP contribution >= 0.6 is 0 Å². The summed E-state index contributed by atoms with van der Waals surface area (Å²) in [6.45, 7) is 8.50. The zero-order valence-electron chi connectivity index (χ0n) is 28.3. The van der Waals surface area contributed by atoms with Gasteiger partial charge in [0.25, 0.3) is 0 Å². The van der Waals surface area contributed by atoms with E-state index < -0.39 is 10.9 Å². The van der Waals surface area contributed by atoms with E-state index in [0.717, 1.165) is 61.8 Å². The second-order valence-electron chi connectivity index (χ2n) is 11.9. The van der Waals surface area contributed by atoms with Crippen molar-refractivity contribution in [2.45, 2.75) is 97.0 Å². The molecule has 9 nitrogen and oxygen atoms in total. The highest BCUT2D eigenvalue weighted by Gasteiger charge is 2.20. The Morgan fingerprint density at radius 2 is 1.35 bits per heavy atom. The minimum absolute atomic E-state index is 0.0777. The maximum Gasteiger partial charge on any atom is 0.343 e. The second kappa shape index (κ2) is 21.3. The maximum atomic E-state index is 12.8. The number of carbonyl (C=O) groups is 2. The van der Waals surface area contributed by atoms with Gasteiger partial charge in [0.1, 0.15) is 11.5 Å². The molecule has 0 fully saturated rings. The third-order valence-corrected chi connectivity index (χ3v) is 7.91. The monoisotopic (exact) mass is 659 g/mol. The molecule has 0 amide bonds. The number of nitro benzene ring substituents is 1. The van der Waals surface area contributed by atoms with Gasteiger partial charge < -0.3 is 18.9 Å². The number of hydrogen-bond acceptors (Lipinski definition) is 8. The quantitative estimate of drug-likeness (QED) is 0.0247. The fourth-order valence-corrected chi connectivity index (χ4v) is 5.14. The van der Waals surface area contributed by atoms with Crippen molar-refractivity contribution in [3.8, 4) is 28.4 Å². The summed E-state index contributed by atoms with van der Waals surface area (Å²) in [6.07, 6.45) is 14.0. The maximum absolute atomic E-state index is 12.8. The number of unbranched alkanes of at least 4 members (excludes halogenated alkanes) is 9. The molecule has 0 N–H and O–H groups in total. The van der Waals surface area contributed by atoms with Crippen LogP contribution in [0.2, 0.25) is 0 Å². The van der Waals surface area contributed by atoms with Gasteiger partial charge in [0, 0.05) is 6.08 Å². The van der Waals surface area contributed by atoms with E-state index in [1.165, 1.54) is 56.4 Å². The molecule has 258 valence electrons. The van der Waals surface area contributed by atoms with Gasteiger partial charge in [-0.15, -0.1) is 0 Å². The highest BCUT2D eigenvalue weighted by molar-refractivity contribution is 5.91. The van der Waals surface area contributed by atoms with Gasteiger partial charge in [0.05, 0.1) is 35.9 Å². The van der Waals surface area contributed by atoms with E-state index in [9.17, 15) is 19.7 Å². The summed E-state index contributed by atoms with van der Waals surface area (Å²) in [7, 11) is 0. The summed E-state index contributed by atoms with van der Waals surface area (Å²) in [6, 6.07) is 19.1. The lowest BCUT2D eigenvalue weighted by Crippen LogP contribution is -2.13. The lowest BCUT2D eigenvalue weighted by Gasteiger charge is -2.14. The standard InChI is InChI=1S/C39H49NO8/c1-4-6-16-30(3)47-37-26-25-35(29-36(37)40(43)44)48-39(42)33-19-17-31(18-20-33)32-21-23-34(24-22-32)45-27-14-12-10-8-7-9-11-13-15-28-46-38(41)5-2/h5,17-26,29-30H,2,4,6-16,27-28H2,1,3H3. The smallest absolute Gasteiger partial charge is 0.343 e. The van der Waals surface area contributed by atoms with Crippen molar-refractivity contribution in [2.75, 3.05) is 13.2 Å². The van der Waals surface area contributed by atoms with Gasteiger partial charge in [-0.2, -0.15) is 0 Å². The summed E-state index contributed by atoms with van der Waals surface area (Å²) in [5.41, 5.74) is 2.01. The molecule has 1 unspecified atom stereocenters. The van der Waals surface area contributed by atoms with E-state index in [-0.39, 0.29) is 29.3 Å². The summed E-state index contributed by atoms with van der Waals surface area (Å²) < 4.78 is 22.1. The van der Waals surface area contributed by atoms with Gasteiger partial charge in [-0.25, -0.2) is 9.59 Å². The third-order valence-electron chi connectivity index (χ3n) is 7.91. The van der Waals surface area contributed by atoms with E-state index in [2.05, 4.69) is 13.5 Å². The molecule has 3 rings (SSSR count). The van der Waals surface area contributed by atoms with Crippen molar-refractivity contribution in [1.82, 2.24) is 0 Å². The van der Waals surface area contributed by atoms with Gasteiger partial charge >= 0.3 is 17.6 Å². The van der Waals surface area contributed by atoms with Gasteiger partial charge in [-0.3, -0.25) is 10.1 Å². The highest BCUT2D eigenvalue weighted by atomic mass is 16.6. The largest absolute Gasteiger partial charge is 0.494 e. The average Bonchev–Trinajstić information content (AvgIpc) is 3.10. The van der Waals surface area contributed by atoms with E-state index in [1.807, 2.05) is 43.3 Å². The normalized spacial score (nSPS) is 11.4. The highest BCUT2D eigenvalue weighted by Crippen LogP contribution is 2.33. The first-order chi connectivity index (χ1) is 23.3. The Labute approximate surface area is 284 Å². The lowest BCUT2D eigenvalue weighted by molar-refractivity contribution is -0.386. The fourth-order valence-electron chi connectivity index (χ4n) is 5.14. The van der Waals surface area contributed by atoms with Crippen LogP contribution in [0.15, 0.2) is 79.4 Å². The number of ether oxygens (including phenoxy) is 4. The van der Waals surface area contributed by atoms with E-state index in [4.69, 9.17) is 18.9 Å². The zero-order valence-corrected chi connectivity index (χ0v) is 28.3. The van der Waals surface area contributed by atoms with Gasteiger partial charge in [0.2, 0.25) is 0 Å². The zero-order chi connectivity index (χ0) is 34.6. The molecule has 0 aromatic heterocycles. The Morgan fingerprint density at radius 1 is 0.792 bits per heavy atom. The van der Waals surface area contributed by atoms with Gasteiger partial charge in [0.15, 0.2) is 5.75 Å². The van der Waals surface area contributed by atoms with Crippen LogP contribution in [0.25, 0.3) is 11.1 Å². The van der Waals surface area contributed by atoms with Crippen LogP contribution in [0.4, 0.5) is 5.69 Å². The molecule has 48 heavy (non-hydrogen) atoms. The Kier molecular flexibility index (Phi) is 16.7. The molecule has 0 radical (unpaired) electrons. The molecule has 0 aliphatic rings. The number of carbonyl (C=O) groups excluding carboxylic acids is 2. The van der Waals surface area contributed by atoms with E-state index in [0.29, 0.717) is 18.8 Å². The third kappa shape index (κ3) is 13.6. The van der Waals surface area contributed by atoms with Crippen LogP contribution in [0.3, 0.4) is 0 Å². The molecule has 3 aromatic carbocycles. The first-order valence-electron chi connectivity index (χ1n) is 17.1. The molecule has 0 bridgehead atoms. The van der Waals surface area contributed by atoms with Gasteiger partial charge in [-0.1, -0.05) is 95.6 Å². The van der Waals surface area contributed by atoms with Crippen molar-refractivity contribution >= 4 is 17.6 Å². The summed E-state index contributed by atoms with van der Waals surface area (Å²) in [4.78, 5) is 34.9. The number of hydrogen-bond donors (Lipinski definition) is 0. The van der Waals surface area contributed by atoms with E-state index in [1.54, 1.807) is 12.1 Å². The van der Waals surface area contributed by atoms with Crippen LogP contribution in [0.1, 0.15) is 101 Å². The van der Waals surface area contributed by atoms with Crippen LogP contribution in [0, 0.1) is 10.1 Å². The van der Waals surface area contributed by atoms with Crippen molar-refractivity contribution in [1.29, 1.82) is 0 Å². The molecule has 9 heteroatoms. The Balaban J connectivity index is 1.36. The van der Waals surface area contributed by atoms with Gasteiger partial charge in [-0.05, 0) is 73.7 Å². The molecule has 0 saturated heterocycles. The number of benzene rings is 3. The molecule has 0 saturated carbocycles. The molecule has 0 aliphatic heterocycles. The van der Waals surface area contributed by atoms with Crippen molar-refractivity contribution < 1.29 is 33.5 Å². The molecular weight excluding hydrogens is 610 g/mol. The number of nitrogens with zero attached hydrogens (tertiary/aromatic N) is 1. The summed E-state index contributed by atoms with van der Waals surface area (Å²) in [5.74, 6) is 0.0948. The fraction of sp³-hybridized carbons (Fsp3) is 0.436. The SMILES string of the molecule is C=CC(=O)OCCCCCCCCCCCOc1ccc(-c2ccc(C(=O)Oc3ccc(OC(C)CCCC)c([N+](=O)[O-])c3)cc2)cc1. The summed E-state index contributed by atoms with van der Waals surface area (Å²) in [5, 5.41) is 11.7. The number of rotatable bonds is 23. The van der Waals surface area contributed by atoms with Crippen molar-refractivity contribution in [3.05, 3.63) is 95.1 Å². The molecule has 3 aromatic rings. The van der Waals surface area contributed by atoms with Crippen LogP contribution in [-0.4, -0.2) is 36.2 Å². The average molecular weight is 660 g/mol. The molecule has 0 aliphatic carbocycles. The number of nitro groups is 1. The Morgan fingerprint density at radius 3 is 1.94 bits per heavy atom. The molecular formula is C39H49NO8. The second-order valence-corrected chi connectivity index (χ2v) is 11.9. The molecule has 0 spiro atoms. The van der Waals surface area contributed by atoms with Crippen LogP contribution in [-0.2, 0) is 9.53 Å². The Hall–Kier alpha value is -4.66. The molecule has 0 heterocycles. The minimum Gasteiger partial charge on any atom is -0.494 e. The minimum atomic E-state index is -0.606. The summed E-state index contributed by atoms with van der Waals surface area (Å²) >= 11 is 0. The lowest BCUT2D eigenvalue weighted by atomic mass is 10.0. The van der Waals surface area contributed by atoms with Crippen LogP contribution < -0.4 is 14.2 Å². The van der Waals surface area contributed by atoms with E-state index >= 15 is 0 Å². The molecule has 1 atom stereocenters. The van der Waals surface area contributed by atoms with Crippen molar-refractivity contribution in [2.24, 2.45) is 0 Å². The number of esters is 2.